The van der Waals surface area contributed by atoms with E-state index in [9.17, 15) is 13.2 Å². The van der Waals surface area contributed by atoms with E-state index in [-0.39, 0.29) is 23.5 Å². The number of hydrogen-bond acceptors (Lipinski definition) is 1. The van der Waals surface area contributed by atoms with E-state index in [1.807, 2.05) is 25.2 Å². The van der Waals surface area contributed by atoms with Crippen LogP contribution in [0.4, 0.5) is 13.2 Å². The Hall–Kier alpha value is -1.52. The van der Waals surface area contributed by atoms with Gasteiger partial charge in [0.1, 0.15) is 0 Å². The van der Waals surface area contributed by atoms with Gasteiger partial charge in [-0.3, -0.25) is 0 Å². The third-order valence-corrected chi connectivity index (χ3v) is 4.19. The van der Waals surface area contributed by atoms with Gasteiger partial charge in [-0.25, -0.2) is 0 Å². The molecule has 1 fully saturated rings. The van der Waals surface area contributed by atoms with Crippen molar-refractivity contribution in [1.82, 2.24) is 5.32 Å². The van der Waals surface area contributed by atoms with Crippen molar-refractivity contribution in [1.29, 1.82) is 0 Å². The SMILES string of the molecule is CNC1(c2cccc(-c3ccccc3C(F)(F)F)c2)CC1.Cl. The van der Waals surface area contributed by atoms with Crippen LogP contribution < -0.4 is 5.32 Å². The standard InChI is InChI=1S/C17H16F3N.ClH/c1-21-16(9-10-16)13-6-4-5-12(11-13)14-7-2-3-8-15(14)17(18,19)20;/h2-8,11,21H,9-10H2,1H3;1H. The first-order valence-electron chi connectivity index (χ1n) is 6.92. The second-order valence-electron chi connectivity index (χ2n) is 5.46. The molecule has 118 valence electrons. The van der Waals surface area contributed by atoms with Gasteiger partial charge in [-0.15, -0.1) is 12.4 Å². The Balaban J connectivity index is 0.00000176. The Labute approximate surface area is 134 Å². The quantitative estimate of drug-likeness (QED) is 0.836. The summed E-state index contributed by atoms with van der Waals surface area (Å²) < 4.78 is 39.4. The van der Waals surface area contributed by atoms with Gasteiger partial charge in [-0.05, 0) is 48.7 Å². The molecule has 0 heterocycles. The third-order valence-electron chi connectivity index (χ3n) is 4.19. The number of benzene rings is 2. The van der Waals surface area contributed by atoms with Crippen LogP contribution in [-0.4, -0.2) is 7.05 Å². The summed E-state index contributed by atoms with van der Waals surface area (Å²) in [5.74, 6) is 0. The van der Waals surface area contributed by atoms with Crippen LogP contribution in [0.2, 0.25) is 0 Å². The van der Waals surface area contributed by atoms with Crippen molar-refractivity contribution in [3.63, 3.8) is 0 Å². The number of rotatable bonds is 3. The Bertz CT molecular complexity index is 663. The van der Waals surface area contributed by atoms with Gasteiger partial charge in [0.05, 0.1) is 5.56 Å². The monoisotopic (exact) mass is 327 g/mol. The van der Waals surface area contributed by atoms with E-state index >= 15 is 0 Å². The molecule has 0 saturated heterocycles. The number of alkyl halides is 3. The van der Waals surface area contributed by atoms with Crippen LogP contribution in [0, 0.1) is 0 Å². The first-order chi connectivity index (χ1) is 9.96. The molecule has 1 aliphatic carbocycles. The highest BCUT2D eigenvalue weighted by Crippen LogP contribution is 2.46. The summed E-state index contributed by atoms with van der Waals surface area (Å²) in [6, 6.07) is 13.1. The lowest BCUT2D eigenvalue weighted by molar-refractivity contribution is -0.137. The highest BCUT2D eigenvalue weighted by Gasteiger charge is 2.42. The van der Waals surface area contributed by atoms with E-state index in [4.69, 9.17) is 0 Å². The van der Waals surface area contributed by atoms with Gasteiger partial charge in [-0.1, -0.05) is 36.4 Å². The van der Waals surface area contributed by atoms with Gasteiger partial charge in [0, 0.05) is 5.54 Å². The summed E-state index contributed by atoms with van der Waals surface area (Å²) in [7, 11) is 1.89. The molecular formula is C17H17ClF3N. The van der Waals surface area contributed by atoms with E-state index in [1.165, 1.54) is 12.1 Å². The highest BCUT2D eigenvalue weighted by molar-refractivity contribution is 5.85. The summed E-state index contributed by atoms with van der Waals surface area (Å²) in [4.78, 5) is 0. The fourth-order valence-corrected chi connectivity index (χ4v) is 2.77. The minimum atomic E-state index is -4.34. The number of nitrogens with one attached hydrogen (secondary N) is 1. The van der Waals surface area contributed by atoms with Crippen molar-refractivity contribution in [2.24, 2.45) is 0 Å². The molecule has 1 aliphatic rings. The fourth-order valence-electron chi connectivity index (χ4n) is 2.77. The van der Waals surface area contributed by atoms with E-state index in [1.54, 1.807) is 12.1 Å². The van der Waals surface area contributed by atoms with Crippen molar-refractivity contribution in [3.8, 4) is 11.1 Å². The summed E-state index contributed by atoms with van der Waals surface area (Å²) in [6.45, 7) is 0. The lowest BCUT2D eigenvalue weighted by Gasteiger charge is -2.17. The van der Waals surface area contributed by atoms with Gasteiger partial charge in [0.25, 0.3) is 0 Å². The molecular weight excluding hydrogens is 311 g/mol. The number of halogens is 4. The van der Waals surface area contributed by atoms with Gasteiger partial charge < -0.3 is 5.32 Å². The molecule has 2 aromatic rings. The minimum Gasteiger partial charge on any atom is -0.310 e. The third kappa shape index (κ3) is 2.99. The molecule has 0 atom stereocenters. The molecule has 3 rings (SSSR count). The predicted octanol–water partition coefficient (Wildman–Crippen LogP) is 5.00. The van der Waals surface area contributed by atoms with E-state index in [0.717, 1.165) is 24.5 Å². The number of hydrogen-bond donors (Lipinski definition) is 1. The van der Waals surface area contributed by atoms with Gasteiger partial charge in [0.2, 0.25) is 0 Å². The topological polar surface area (TPSA) is 12.0 Å². The van der Waals surface area contributed by atoms with Crippen molar-refractivity contribution in [2.75, 3.05) is 7.05 Å². The maximum Gasteiger partial charge on any atom is 0.417 e. The van der Waals surface area contributed by atoms with Crippen LogP contribution in [0.15, 0.2) is 48.5 Å². The molecule has 1 N–H and O–H groups in total. The lowest BCUT2D eigenvalue weighted by Crippen LogP contribution is -2.24. The van der Waals surface area contributed by atoms with Gasteiger partial charge in [-0.2, -0.15) is 13.2 Å². The maximum absolute atomic E-state index is 13.1. The molecule has 1 nitrogen and oxygen atoms in total. The molecule has 2 aromatic carbocycles. The Morgan fingerprint density at radius 2 is 1.68 bits per heavy atom. The smallest absolute Gasteiger partial charge is 0.310 e. The van der Waals surface area contributed by atoms with Crippen molar-refractivity contribution in [2.45, 2.75) is 24.6 Å². The summed E-state index contributed by atoms with van der Waals surface area (Å²) in [5, 5.41) is 3.27. The lowest BCUT2D eigenvalue weighted by atomic mass is 9.95. The fraction of sp³-hybridized carbons (Fsp3) is 0.294. The van der Waals surface area contributed by atoms with E-state index < -0.39 is 11.7 Å². The van der Waals surface area contributed by atoms with Crippen molar-refractivity contribution in [3.05, 3.63) is 59.7 Å². The predicted molar refractivity (Wildman–Crippen MR) is 84.1 cm³/mol. The Morgan fingerprint density at radius 3 is 2.27 bits per heavy atom. The zero-order valence-electron chi connectivity index (χ0n) is 12.1. The summed E-state index contributed by atoms with van der Waals surface area (Å²) in [6.07, 6.45) is -2.30. The molecule has 0 spiro atoms. The minimum absolute atomic E-state index is 0. The normalized spacial score (nSPS) is 16.0. The van der Waals surface area contributed by atoms with E-state index in [2.05, 4.69) is 5.32 Å². The Kier molecular flexibility index (Phi) is 4.54. The van der Waals surface area contributed by atoms with Gasteiger partial charge in [0.15, 0.2) is 0 Å². The van der Waals surface area contributed by atoms with Crippen LogP contribution in [0.1, 0.15) is 24.0 Å². The molecule has 0 bridgehead atoms. The Morgan fingerprint density at radius 1 is 1.00 bits per heavy atom. The molecule has 5 heteroatoms. The highest BCUT2D eigenvalue weighted by atomic mass is 35.5. The molecule has 1 saturated carbocycles. The summed E-state index contributed by atoms with van der Waals surface area (Å²) in [5.41, 5.74) is 1.26. The van der Waals surface area contributed by atoms with Crippen LogP contribution >= 0.6 is 12.4 Å². The second kappa shape index (κ2) is 5.94. The van der Waals surface area contributed by atoms with Crippen LogP contribution in [-0.2, 0) is 11.7 Å². The second-order valence-corrected chi connectivity index (χ2v) is 5.46. The molecule has 0 unspecified atom stereocenters. The zero-order chi connectivity index (χ0) is 15.1. The zero-order valence-corrected chi connectivity index (χ0v) is 12.9. The largest absolute Gasteiger partial charge is 0.417 e. The van der Waals surface area contributed by atoms with Crippen molar-refractivity contribution < 1.29 is 13.2 Å². The molecule has 0 amide bonds. The van der Waals surface area contributed by atoms with Crippen LogP contribution in [0.25, 0.3) is 11.1 Å². The average Bonchev–Trinajstić information content (AvgIpc) is 3.28. The first kappa shape index (κ1) is 16.8. The molecule has 22 heavy (non-hydrogen) atoms. The average molecular weight is 328 g/mol. The molecule has 0 aliphatic heterocycles. The van der Waals surface area contributed by atoms with Crippen molar-refractivity contribution >= 4 is 12.4 Å². The van der Waals surface area contributed by atoms with Crippen LogP contribution in [0.5, 0.6) is 0 Å². The molecule has 0 aromatic heterocycles. The van der Waals surface area contributed by atoms with E-state index in [0.29, 0.717) is 5.56 Å². The molecule has 0 radical (unpaired) electrons. The van der Waals surface area contributed by atoms with Gasteiger partial charge >= 0.3 is 6.18 Å². The first-order valence-corrected chi connectivity index (χ1v) is 6.92. The summed E-state index contributed by atoms with van der Waals surface area (Å²) >= 11 is 0. The maximum atomic E-state index is 13.1. The van der Waals surface area contributed by atoms with Crippen LogP contribution in [0.3, 0.4) is 0 Å².